The Morgan fingerprint density at radius 3 is 2.52 bits per heavy atom. The van der Waals surface area contributed by atoms with Crippen molar-refractivity contribution in [2.45, 2.75) is 33.4 Å². The molecule has 2 heterocycles. The van der Waals surface area contributed by atoms with Crippen LogP contribution in [-0.4, -0.2) is 36.9 Å². The van der Waals surface area contributed by atoms with Gasteiger partial charge >= 0.3 is 5.69 Å². The summed E-state index contributed by atoms with van der Waals surface area (Å²) in [6.45, 7) is 6.47. The van der Waals surface area contributed by atoms with E-state index in [1.165, 1.54) is 11.6 Å². The maximum atomic E-state index is 12.4. The lowest BCUT2D eigenvalue weighted by Crippen LogP contribution is -2.39. The lowest BCUT2D eigenvalue weighted by atomic mass is 10.3. The van der Waals surface area contributed by atoms with Gasteiger partial charge < -0.3 is 15.0 Å². The quantitative estimate of drug-likeness (QED) is 0.803. The molecule has 21 heavy (non-hydrogen) atoms. The highest BCUT2D eigenvalue weighted by atomic mass is 16.3. The van der Waals surface area contributed by atoms with Gasteiger partial charge in [-0.25, -0.2) is 4.79 Å². The maximum absolute atomic E-state index is 12.4. The third kappa shape index (κ3) is 2.35. The molecular formula is C13H21N5O3. The first-order valence-corrected chi connectivity index (χ1v) is 7.00. The van der Waals surface area contributed by atoms with Crippen LogP contribution in [0, 0.1) is 0 Å². The van der Waals surface area contributed by atoms with E-state index in [0.717, 1.165) is 4.57 Å². The van der Waals surface area contributed by atoms with Crippen LogP contribution in [0.1, 0.15) is 26.8 Å². The number of aromatic nitrogens is 4. The molecule has 2 rings (SSSR count). The van der Waals surface area contributed by atoms with Crippen LogP contribution >= 0.6 is 0 Å². The third-order valence-corrected chi connectivity index (χ3v) is 3.41. The molecule has 0 aliphatic heterocycles. The highest BCUT2D eigenvalue weighted by Gasteiger charge is 2.20. The lowest BCUT2D eigenvalue weighted by molar-refractivity contribution is 0.310. The van der Waals surface area contributed by atoms with E-state index in [9.17, 15) is 9.59 Å². The Balaban J connectivity index is 2.90. The summed E-state index contributed by atoms with van der Waals surface area (Å²) < 4.78 is 4.34. The molecule has 8 heteroatoms. The van der Waals surface area contributed by atoms with E-state index >= 15 is 0 Å². The Morgan fingerprint density at radius 1 is 1.33 bits per heavy atom. The van der Waals surface area contributed by atoms with Gasteiger partial charge in [0.25, 0.3) is 5.56 Å². The molecule has 0 fully saturated rings. The van der Waals surface area contributed by atoms with Gasteiger partial charge in [0.1, 0.15) is 0 Å². The Kier molecular flexibility index (Phi) is 4.17. The molecule has 0 saturated carbocycles. The lowest BCUT2D eigenvalue weighted by Gasteiger charge is -2.12. The van der Waals surface area contributed by atoms with E-state index < -0.39 is 0 Å². The van der Waals surface area contributed by atoms with Crippen molar-refractivity contribution >= 4 is 17.1 Å². The second-order valence-electron chi connectivity index (χ2n) is 5.11. The molecule has 0 bridgehead atoms. The van der Waals surface area contributed by atoms with Crippen LogP contribution in [0.15, 0.2) is 9.59 Å². The molecule has 0 aliphatic carbocycles. The molecule has 116 valence electrons. The van der Waals surface area contributed by atoms with Crippen molar-refractivity contribution in [3.8, 4) is 0 Å². The molecule has 0 radical (unpaired) electrons. The minimum Gasteiger partial charge on any atom is -0.395 e. The van der Waals surface area contributed by atoms with Crippen LogP contribution in [0.2, 0.25) is 0 Å². The Hall–Kier alpha value is -2.09. The van der Waals surface area contributed by atoms with Gasteiger partial charge in [0.05, 0.1) is 6.61 Å². The smallest absolute Gasteiger partial charge is 0.332 e. The van der Waals surface area contributed by atoms with Crippen molar-refractivity contribution in [2.24, 2.45) is 7.05 Å². The average molecular weight is 295 g/mol. The fraction of sp³-hybridized carbons (Fsp3) is 0.615. The maximum Gasteiger partial charge on any atom is 0.332 e. The molecule has 0 atom stereocenters. The van der Waals surface area contributed by atoms with E-state index in [0.29, 0.717) is 30.2 Å². The number of anilines is 1. The van der Waals surface area contributed by atoms with Gasteiger partial charge in [-0.05, 0) is 20.8 Å². The van der Waals surface area contributed by atoms with Crippen LogP contribution in [0.4, 0.5) is 5.95 Å². The minimum atomic E-state index is -0.378. The predicted octanol–water partition coefficient (Wildman–Crippen LogP) is -0.0983. The Bertz CT molecular complexity index is 769. The number of nitrogens with zero attached hydrogens (tertiary/aromatic N) is 4. The van der Waals surface area contributed by atoms with E-state index in [4.69, 9.17) is 5.11 Å². The number of fused-ring (bicyclic) bond motifs is 1. The number of aryl methyl sites for hydroxylation is 1. The molecule has 2 aromatic rings. The molecule has 0 unspecified atom stereocenters. The molecule has 8 nitrogen and oxygen atoms in total. The molecular weight excluding hydrogens is 274 g/mol. The van der Waals surface area contributed by atoms with Gasteiger partial charge in [0.15, 0.2) is 11.2 Å². The topological polar surface area (TPSA) is 94.1 Å². The SMILES string of the molecule is CCn1c(NCCO)nc2c1c(=O)n(C)c(=O)n2C(C)C. The summed E-state index contributed by atoms with van der Waals surface area (Å²) in [5.74, 6) is 0.485. The standard InChI is InChI=1S/C13H21N5O3/c1-5-17-9-10(15-12(17)14-6-7-19)18(8(2)3)13(21)16(4)11(9)20/h8,19H,5-7H2,1-4H3,(H,14,15). The summed E-state index contributed by atoms with van der Waals surface area (Å²) in [7, 11) is 1.47. The number of hydrogen-bond acceptors (Lipinski definition) is 5. The number of aliphatic hydroxyl groups is 1. The molecule has 2 aromatic heterocycles. The van der Waals surface area contributed by atoms with Crippen LogP contribution in [-0.2, 0) is 13.6 Å². The fourth-order valence-corrected chi connectivity index (χ4v) is 2.39. The highest BCUT2D eigenvalue weighted by molar-refractivity contribution is 5.74. The normalized spacial score (nSPS) is 11.5. The zero-order chi connectivity index (χ0) is 15.7. The van der Waals surface area contributed by atoms with Crippen molar-refractivity contribution < 1.29 is 5.11 Å². The van der Waals surface area contributed by atoms with Crippen molar-refractivity contribution in [3.05, 3.63) is 20.8 Å². The van der Waals surface area contributed by atoms with Gasteiger partial charge in [-0.2, -0.15) is 4.98 Å². The summed E-state index contributed by atoms with van der Waals surface area (Å²) in [6.07, 6.45) is 0. The molecule has 0 aromatic carbocycles. The zero-order valence-corrected chi connectivity index (χ0v) is 12.8. The van der Waals surface area contributed by atoms with Crippen molar-refractivity contribution in [2.75, 3.05) is 18.5 Å². The fourth-order valence-electron chi connectivity index (χ4n) is 2.39. The number of nitrogens with one attached hydrogen (secondary N) is 1. The van der Waals surface area contributed by atoms with Gasteiger partial charge in [-0.15, -0.1) is 0 Å². The van der Waals surface area contributed by atoms with Crippen molar-refractivity contribution in [3.63, 3.8) is 0 Å². The summed E-state index contributed by atoms with van der Waals surface area (Å²) in [6, 6.07) is -0.113. The summed E-state index contributed by atoms with van der Waals surface area (Å²) >= 11 is 0. The third-order valence-electron chi connectivity index (χ3n) is 3.41. The van der Waals surface area contributed by atoms with E-state index in [-0.39, 0.29) is 23.9 Å². The first kappa shape index (κ1) is 15.3. The van der Waals surface area contributed by atoms with Crippen molar-refractivity contribution in [1.82, 2.24) is 18.7 Å². The zero-order valence-electron chi connectivity index (χ0n) is 12.8. The van der Waals surface area contributed by atoms with E-state index in [1.54, 1.807) is 4.57 Å². The Labute approximate surface area is 121 Å². The minimum absolute atomic E-state index is 0.0398. The van der Waals surface area contributed by atoms with Gasteiger partial charge in [-0.3, -0.25) is 13.9 Å². The average Bonchev–Trinajstić information content (AvgIpc) is 2.80. The van der Waals surface area contributed by atoms with Crippen LogP contribution in [0.5, 0.6) is 0 Å². The first-order valence-electron chi connectivity index (χ1n) is 7.00. The molecule has 0 spiro atoms. The number of rotatable bonds is 5. The molecule has 0 amide bonds. The molecule has 0 saturated heterocycles. The first-order chi connectivity index (χ1) is 9.93. The van der Waals surface area contributed by atoms with Crippen LogP contribution in [0.25, 0.3) is 11.2 Å². The second kappa shape index (κ2) is 5.72. The van der Waals surface area contributed by atoms with Crippen LogP contribution < -0.4 is 16.6 Å². The second-order valence-corrected chi connectivity index (χ2v) is 5.11. The van der Waals surface area contributed by atoms with Gasteiger partial charge in [0.2, 0.25) is 5.95 Å². The van der Waals surface area contributed by atoms with E-state index in [1.807, 2.05) is 20.8 Å². The number of aliphatic hydroxyl groups excluding tert-OH is 1. The monoisotopic (exact) mass is 295 g/mol. The van der Waals surface area contributed by atoms with Crippen LogP contribution in [0.3, 0.4) is 0 Å². The molecule has 0 aliphatic rings. The van der Waals surface area contributed by atoms with Crippen molar-refractivity contribution in [1.29, 1.82) is 0 Å². The Morgan fingerprint density at radius 2 is 2.00 bits per heavy atom. The van der Waals surface area contributed by atoms with E-state index in [2.05, 4.69) is 10.3 Å². The van der Waals surface area contributed by atoms with Gasteiger partial charge in [0, 0.05) is 26.2 Å². The summed E-state index contributed by atoms with van der Waals surface area (Å²) in [4.78, 5) is 29.1. The van der Waals surface area contributed by atoms with Gasteiger partial charge in [-0.1, -0.05) is 0 Å². The molecule has 2 N–H and O–H groups in total. The largest absolute Gasteiger partial charge is 0.395 e. The predicted molar refractivity (Wildman–Crippen MR) is 80.9 cm³/mol. The highest BCUT2D eigenvalue weighted by Crippen LogP contribution is 2.17. The number of hydrogen-bond donors (Lipinski definition) is 2. The number of imidazole rings is 1. The summed E-state index contributed by atoms with van der Waals surface area (Å²) in [5.41, 5.74) is 0.0318. The summed E-state index contributed by atoms with van der Waals surface area (Å²) in [5, 5.41) is 11.9.